The molecule has 1 fully saturated rings. The zero-order valence-corrected chi connectivity index (χ0v) is 14.3. The van der Waals surface area contributed by atoms with Crippen LogP contribution in [0.25, 0.3) is 6.08 Å². The molecule has 0 aliphatic carbocycles. The monoisotopic (exact) mass is 463 g/mol. The Labute approximate surface area is 137 Å². The molecule has 0 amide bonds. The number of ether oxygens (including phenoxy) is 5. The second-order valence-corrected chi connectivity index (χ2v) is 3.92. The van der Waals surface area contributed by atoms with Crippen LogP contribution < -0.4 is 4.74 Å². The van der Waals surface area contributed by atoms with Gasteiger partial charge in [-0.25, -0.2) is 4.79 Å². The topological polar surface area (TPSA) is 66.5 Å². The summed E-state index contributed by atoms with van der Waals surface area (Å²) in [4.78, 5) is 11.3. The molecular weight excluding hydrogens is 448 g/mol. The van der Waals surface area contributed by atoms with E-state index in [1.165, 1.54) is 6.26 Å². The molecule has 114 valence electrons. The van der Waals surface area contributed by atoms with Gasteiger partial charge in [0.15, 0.2) is 6.79 Å². The van der Waals surface area contributed by atoms with Crippen LogP contribution >= 0.6 is 0 Å². The average molecular weight is 463 g/mol. The van der Waals surface area contributed by atoms with Crippen molar-refractivity contribution in [2.24, 2.45) is 0 Å². The summed E-state index contributed by atoms with van der Waals surface area (Å²) in [5.41, 5.74) is 0.905. The van der Waals surface area contributed by atoms with Crippen molar-refractivity contribution in [2.75, 3.05) is 20.5 Å². The van der Waals surface area contributed by atoms with Gasteiger partial charge in [-0.05, 0) is 29.9 Å². The summed E-state index contributed by atoms with van der Waals surface area (Å²) < 4.78 is 24.4. The zero-order chi connectivity index (χ0) is 14.2. The molecule has 1 unspecified atom stereocenters. The van der Waals surface area contributed by atoms with Gasteiger partial charge in [0.1, 0.15) is 5.75 Å². The molecular formula is C14H15O6W-. The third kappa shape index (κ3) is 7.27. The predicted molar refractivity (Wildman–Crippen MR) is 69.6 cm³/mol. The molecule has 1 aliphatic heterocycles. The number of methoxy groups -OCH3 is 1. The van der Waals surface area contributed by atoms with E-state index in [-0.39, 0.29) is 40.6 Å². The Kier molecular flexibility index (Phi) is 8.05. The van der Waals surface area contributed by atoms with Gasteiger partial charge in [0.05, 0.1) is 12.9 Å². The summed E-state index contributed by atoms with van der Waals surface area (Å²) in [6, 6.07) is 6.90. The largest absolute Gasteiger partial charge is 0.567 e. The third-order valence-corrected chi connectivity index (χ3v) is 2.32. The fraction of sp³-hybridized carbons (Fsp3) is 0.286. The van der Waals surface area contributed by atoms with Gasteiger partial charge in [-0.15, -0.1) is 0 Å². The summed E-state index contributed by atoms with van der Waals surface area (Å²) in [6.45, 7) is 1.96. The van der Waals surface area contributed by atoms with E-state index in [9.17, 15) is 4.79 Å². The van der Waals surface area contributed by atoms with Gasteiger partial charge in [-0.3, -0.25) is 0 Å². The number of rotatable bonds is 7. The van der Waals surface area contributed by atoms with Crippen molar-refractivity contribution in [3.05, 3.63) is 42.7 Å². The summed E-state index contributed by atoms with van der Waals surface area (Å²) >= 11 is 0. The van der Waals surface area contributed by atoms with Crippen molar-refractivity contribution in [1.82, 2.24) is 0 Å². The molecule has 0 saturated carbocycles. The standard InChI is InChI=1S/C14H15O6.W/c1-16-10-17-7-6-11-2-4-12(5-3-11)20-14(15)19-9-13-8-18-13;/h2-8,13H,9-10H2,1H3;/q-1;. The Hall–Kier alpha value is -1.36. The molecule has 0 spiro atoms. The van der Waals surface area contributed by atoms with Crippen LogP contribution in [0, 0.1) is 6.61 Å². The summed E-state index contributed by atoms with van der Waals surface area (Å²) in [6.07, 6.45) is 2.45. The minimum Gasteiger partial charge on any atom is -0.567 e. The Balaban J connectivity index is 0.00000220. The zero-order valence-electron chi connectivity index (χ0n) is 11.4. The quantitative estimate of drug-likeness (QED) is 0.118. The van der Waals surface area contributed by atoms with E-state index < -0.39 is 6.16 Å². The molecule has 0 bridgehead atoms. The maximum atomic E-state index is 11.3. The van der Waals surface area contributed by atoms with Crippen LogP contribution in [-0.4, -0.2) is 32.8 Å². The van der Waals surface area contributed by atoms with E-state index in [0.717, 1.165) is 5.56 Å². The van der Waals surface area contributed by atoms with E-state index in [2.05, 4.69) is 0 Å². The fourth-order valence-corrected chi connectivity index (χ4v) is 1.29. The van der Waals surface area contributed by atoms with Gasteiger partial charge in [-0.2, -0.15) is 6.61 Å². The number of epoxide rings is 1. The van der Waals surface area contributed by atoms with E-state index in [1.807, 2.05) is 0 Å². The Morgan fingerprint density at radius 1 is 1.38 bits per heavy atom. The van der Waals surface area contributed by atoms with Crippen molar-refractivity contribution in [2.45, 2.75) is 6.10 Å². The molecule has 7 heteroatoms. The average Bonchev–Trinajstić information content (AvgIpc) is 3.27. The minimum atomic E-state index is -0.749. The van der Waals surface area contributed by atoms with Crippen LogP contribution in [-0.2, 0) is 40.0 Å². The van der Waals surface area contributed by atoms with Crippen LogP contribution in [0.15, 0.2) is 30.5 Å². The first kappa shape index (κ1) is 17.7. The van der Waals surface area contributed by atoms with Crippen LogP contribution in [0.3, 0.4) is 0 Å². The Morgan fingerprint density at radius 2 is 2.10 bits per heavy atom. The first-order valence-electron chi connectivity index (χ1n) is 5.98. The molecule has 0 radical (unpaired) electrons. The molecule has 1 aromatic rings. The molecule has 0 aromatic heterocycles. The van der Waals surface area contributed by atoms with Crippen LogP contribution in [0.1, 0.15) is 5.56 Å². The van der Waals surface area contributed by atoms with Gasteiger partial charge in [0.25, 0.3) is 0 Å². The van der Waals surface area contributed by atoms with E-state index in [1.54, 1.807) is 44.1 Å². The normalized spacial score (nSPS) is 16.1. The molecule has 0 N–H and O–H groups in total. The Morgan fingerprint density at radius 3 is 2.71 bits per heavy atom. The van der Waals surface area contributed by atoms with E-state index >= 15 is 0 Å². The summed E-state index contributed by atoms with van der Waals surface area (Å²) in [7, 11) is 1.55. The molecule has 1 heterocycles. The van der Waals surface area contributed by atoms with Gasteiger partial charge in [0.2, 0.25) is 0 Å². The molecule has 21 heavy (non-hydrogen) atoms. The van der Waals surface area contributed by atoms with Crippen molar-refractivity contribution < 1.29 is 49.5 Å². The first-order valence-corrected chi connectivity index (χ1v) is 5.98. The molecule has 1 saturated heterocycles. The van der Waals surface area contributed by atoms with Crippen LogP contribution in [0.4, 0.5) is 4.79 Å². The summed E-state index contributed by atoms with van der Waals surface area (Å²) in [5, 5.41) is 0. The van der Waals surface area contributed by atoms with Crippen molar-refractivity contribution in [1.29, 1.82) is 0 Å². The number of carbonyl (C=O) groups excluding carboxylic acids is 1. The van der Waals surface area contributed by atoms with E-state index in [4.69, 9.17) is 23.7 Å². The Bertz CT molecular complexity index is 455. The number of carbonyl (C=O) groups is 1. The molecule has 1 aliphatic rings. The number of hydrogen-bond donors (Lipinski definition) is 0. The van der Waals surface area contributed by atoms with Crippen molar-refractivity contribution in [3.8, 4) is 5.75 Å². The molecule has 1 aromatic carbocycles. The van der Waals surface area contributed by atoms with Gasteiger partial charge in [-0.1, -0.05) is 12.1 Å². The van der Waals surface area contributed by atoms with E-state index in [0.29, 0.717) is 5.75 Å². The van der Waals surface area contributed by atoms with Gasteiger partial charge >= 0.3 is 6.16 Å². The maximum absolute atomic E-state index is 11.3. The molecule has 2 rings (SSSR count). The van der Waals surface area contributed by atoms with Crippen LogP contribution in [0.2, 0.25) is 0 Å². The molecule has 1 atom stereocenters. The van der Waals surface area contributed by atoms with Crippen molar-refractivity contribution in [3.63, 3.8) is 0 Å². The third-order valence-electron chi connectivity index (χ3n) is 2.32. The smallest absolute Gasteiger partial charge is 0.513 e. The first-order chi connectivity index (χ1) is 9.78. The van der Waals surface area contributed by atoms with Crippen molar-refractivity contribution >= 4 is 12.2 Å². The maximum Gasteiger partial charge on any atom is 0.513 e. The second kappa shape index (κ2) is 9.55. The second-order valence-electron chi connectivity index (χ2n) is 3.92. The number of benzene rings is 1. The van der Waals surface area contributed by atoms with Gasteiger partial charge < -0.3 is 23.7 Å². The molecule has 6 nitrogen and oxygen atoms in total. The van der Waals surface area contributed by atoms with Crippen LogP contribution in [0.5, 0.6) is 5.75 Å². The van der Waals surface area contributed by atoms with Gasteiger partial charge in [0, 0.05) is 28.2 Å². The summed E-state index contributed by atoms with van der Waals surface area (Å²) in [5.74, 6) is 0.408. The number of hydrogen-bond acceptors (Lipinski definition) is 6. The minimum absolute atomic E-state index is 0. The SMILES string of the molecule is COCOC=Cc1ccc(OC(=O)OCC2[CH-]O2)cc1.[W]. The predicted octanol–water partition coefficient (Wildman–Crippen LogP) is 2.35. The fourth-order valence-electron chi connectivity index (χ4n) is 1.29.